The summed E-state index contributed by atoms with van der Waals surface area (Å²) in [5.41, 5.74) is 6.32. The normalized spacial score (nSPS) is 11.0. The Bertz CT molecular complexity index is 856. The summed E-state index contributed by atoms with van der Waals surface area (Å²) in [6.45, 7) is 0.100. The number of nitrogen functional groups attached to an aromatic ring is 1. The van der Waals surface area contributed by atoms with Gasteiger partial charge in [-0.25, -0.2) is 13.8 Å². The van der Waals surface area contributed by atoms with Crippen LogP contribution in [0.2, 0.25) is 0 Å². The summed E-state index contributed by atoms with van der Waals surface area (Å²) < 4.78 is 23.8. The number of hydrogen-bond acceptors (Lipinski definition) is 7. The highest BCUT2D eigenvalue weighted by molar-refractivity contribution is 9.10. The lowest BCUT2D eigenvalue weighted by atomic mass is 10.2. The summed E-state index contributed by atoms with van der Waals surface area (Å²) in [5, 5.41) is 10.6. The molecule has 0 fully saturated rings. The van der Waals surface area contributed by atoms with Gasteiger partial charge in [-0.1, -0.05) is 11.2 Å². The standard InChI is InChI=1S/C11H7BrFN5O3/c12-6-3-5(1-2-7(6)13)4-18-10(17-20-11(18)19)8-9(14)16-21-15-8/h1-3H,4H2,(H2,14,16). The molecule has 2 heterocycles. The fraction of sp³-hybridized carbons (Fsp3) is 0.0909. The van der Waals surface area contributed by atoms with Crippen LogP contribution in [0.5, 0.6) is 0 Å². The highest BCUT2D eigenvalue weighted by Gasteiger charge is 2.20. The Morgan fingerprint density at radius 2 is 2.14 bits per heavy atom. The van der Waals surface area contributed by atoms with Gasteiger partial charge in [0.1, 0.15) is 5.82 Å². The zero-order chi connectivity index (χ0) is 15.0. The fourth-order valence-electron chi connectivity index (χ4n) is 1.75. The van der Waals surface area contributed by atoms with E-state index in [2.05, 4.69) is 40.6 Å². The van der Waals surface area contributed by atoms with Crippen LogP contribution < -0.4 is 11.5 Å². The summed E-state index contributed by atoms with van der Waals surface area (Å²) in [6.07, 6.45) is 0. The second kappa shape index (κ2) is 5.13. The van der Waals surface area contributed by atoms with Crippen LogP contribution in [0.15, 0.2) is 36.6 Å². The van der Waals surface area contributed by atoms with E-state index < -0.39 is 11.6 Å². The van der Waals surface area contributed by atoms with Gasteiger partial charge in [0.05, 0.1) is 11.0 Å². The molecule has 108 valence electrons. The first-order valence-corrected chi connectivity index (χ1v) is 6.44. The van der Waals surface area contributed by atoms with E-state index in [-0.39, 0.29) is 28.4 Å². The molecule has 21 heavy (non-hydrogen) atoms. The maximum Gasteiger partial charge on any atom is 0.442 e. The summed E-state index contributed by atoms with van der Waals surface area (Å²) >= 11 is 3.08. The summed E-state index contributed by atoms with van der Waals surface area (Å²) in [5.74, 6) is -1.04. The summed E-state index contributed by atoms with van der Waals surface area (Å²) in [4.78, 5) is 11.7. The first kappa shape index (κ1) is 13.5. The molecule has 0 atom stereocenters. The van der Waals surface area contributed by atoms with Gasteiger partial charge in [-0.3, -0.25) is 9.09 Å². The Labute approximate surface area is 124 Å². The first-order valence-electron chi connectivity index (χ1n) is 5.65. The van der Waals surface area contributed by atoms with Crippen LogP contribution >= 0.6 is 15.9 Å². The fourth-order valence-corrected chi connectivity index (χ4v) is 2.18. The Morgan fingerprint density at radius 3 is 2.81 bits per heavy atom. The van der Waals surface area contributed by atoms with E-state index in [0.29, 0.717) is 5.56 Å². The number of anilines is 1. The zero-order valence-electron chi connectivity index (χ0n) is 10.3. The Morgan fingerprint density at radius 1 is 1.33 bits per heavy atom. The molecule has 0 aliphatic rings. The minimum Gasteiger partial charge on any atom is -0.379 e. The molecular weight excluding hydrogens is 349 g/mol. The Kier molecular flexibility index (Phi) is 3.29. The summed E-state index contributed by atoms with van der Waals surface area (Å²) in [6, 6.07) is 4.36. The van der Waals surface area contributed by atoms with Crippen molar-refractivity contribution in [3.63, 3.8) is 0 Å². The van der Waals surface area contributed by atoms with Gasteiger partial charge in [0, 0.05) is 0 Å². The topological polar surface area (TPSA) is 113 Å². The third kappa shape index (κ3) is 2.44. The van der Waals surface area contributed by atoms with E-state index in [0.717, 1.165) is 0 Å². The van der Waals surface area contributed by atoms with E-state index in [1.807, 2.05) is 0 Å². The van der Waals surface area contributed by atoms with Crippen molar-refractivity contribution < 1.29 is 13.5 Å². The second-order valence-corrected chi connectivity index (χ2v) is 4.96. The lowest BCUT2D eigenvalue weighted by molar-refractivity contribution is 0.310. The van der Waals surface area contributed by atoms with Gasteiger partial charge in [-0.05, 0) is 43.9 Å². The monoisotopic (exact) mass is 355 g/mol. The predicted octanol–water partition coefficient (Wildman–Crippen LogP) is 1.42. The van der Waals surface area contributed by atoms with Crippen LogP contribution in [0.4, 0.5) is 10.2 Å². The van der Waals surface area contributed by atoms with Crippen molar-refractivity contribution in [2.24, 2.45) is 0 Å². The van der Waals surface area contributed by atoms with Gasteiger partial charge >= 0.3 is 5.76 Å². The van der Waals surface area contributed by atoms with E-state index in [9.17, 15) is 9.18 Å². The quantitative estimate of drug-likeness (QED) is 0.755. The molecule has 0 saturated heterocycles. The molecule has 0 bridgehead atoms. The van der Waals surface area contributed by atoms with Crippen LogP contribution in [0, 0.1) is 5.82 Å². The minimum atomic E-state index is -0.701. The summed E-state index contributed by atoms with van der Waals surface area (Å²) in [7, 11) is 0. The second-order valence-electron chi connectivity index (χ2n) is 4.10. The molecule has 0 unspecified atom stereocenters. The Balaban J connectivity index is 2.03. The molecule has 8 nitrogen and oxygen atoms in total. The first-order chi connectivity index (χ1) is 10.1. The molecule has 0 aliphatic carbocycles. The third-order valence-corrected chi connectivity index (χ3v) is 3.34. The van der Waals surface area contributed by atoms with Gasteiger partial charge < -0.3 is 5.73 Å². The maximum absolute atomic E-state index is 13.2. The SMILES string of the molecule is Nc1nonc1-c1noc(=O)n1Cc1ccc(F)c(Br)c1. The number of aromatic nitrogens is 4. The minimum absolute atomic E-state index is 0.0164. The molecule has 3 rings (SSSR count). The number of nitrogens with zero attached hydrogens (tertiary/aromatic N) is 4. The number of rotatable bonds is 3. The van der Waals surface area contributed by atoms with Gasteiger partial charge in [0.25, 0.3) is 0 Å². The van der Waals surface area contributed by atoms with Crippen LogP contribution in [0.1, 0.15) is 5.56 Å². The van der Waals surface area contributed by atoms with E-state index >= 15 is 0 Å². The van der Waals surface area contributed by atoms with Crippen molar-refractivity contribution in [1.29, 1.82) is 0 Å². The van der Waals surface area contributed by atoms with E-state index in [1.165, 1.54) is 16.7 Å². The number of nitrogens with two attached hydrogens (primary N) is 1. The lowest BCUT2D eigenvalue weighted by Crippen LogP contribution is -2.16. The maximum atomic E-state index is 13.2. The van der Waals surface area contributed by atoms with E-state index in [4.69, 9.17) is 5.73 Å². The molecule has 10 heteroatoms. The molecular formula is C11H7BrFN5O3. The van der Waals surface area contributed by atoms with Crippen molar-refractivity contribution in [1.82, 2.24) is 20.0 Å². The molecule has 2 N–H and O–H groups in total. The molecule has 2 aromatic heterocycles. The van der Waals surface area contributed by atoms with Crippen LogP contribution in [-0.4, -0.2) is 20.0 Å². The lowest BCUT2D eigenvalue weighted by Gasteiger charge is -2.04. The van der Waals surface area contributed by atoms with Crippen LogP contribution in [0.25, 0.3) is 11.5 Å². The molecule has 0 spiro atoms. The number of benzene rings is 1. The molecule has 3 aromatic rings. The van der Waals surface area contributed by atoms with Crippen molar-refractivity contribution in [3.05, 3.63) is 44.6 Å². The molecule has 1 aromatic carbocycles. The molecule has 0 amide bonds. The molecule has 0 aliphatic heterocycles. The molecule has 0 saturated carbocycles. The predicted molar refractivity (Wildman–Crippen MR) is 71.7 cm³/mol. The van der Waals surface area contributed by atoms with Gasteiger partial charge in [-0.15, -0.1) is 0 Å². The molecule has 0 radical (unpaired) electrons. The van der Waals surface area contributed by atoms with Crippen molar-refractivity contribution in [2.45, 2.75) is 6.54 Å². The van der Waals surface area contributed by atoms with Gasteiger partial charge in [0.15, 0.2) is 11.5 Å². The zero-order valence-corrected chi connectivity index (χ0v) is 11.9. The van der Waals surface area contributed by atoms with Crippen molar-refractivity contribution in [3.8, 4) is 11.5 Å². The van der Waals surface area contributed by atoms with Crippen molar-refractivity contribution in [2.75, 3.05) is 5.73 Å². The van der Waals surface area contributed by atoms with Crippen LogP contribution in [-0.2, 0) is 6.54 Å². The average molecular weight is 356 g/mol. The van der Waals surface area contributed by atoms with E-state index in [1.54, 1.807) is 6.07 Å². The number of hydrogen-bond donors (Lipinski definition) is 1. The third-order valence-electron chi connectivity index (χ3n) is 2.74. The smallest absolute Gasteiger partial charge is 0.379 e. The Hall–Kier alpha value is -2.49. The van der Waals surface area contributed by atoms with Gasteiger partial charge in [0.2, 0.25) is 5.82 Å². The van der Waals surface area contributed by atoms with Crippen LogP contribution in [0.3, 0.4) is 0 Å². The highest BCUT2D eigenvalue weighted by atomic mass is 79.9. The largest absolute Gasteiger partial charge is 0.442 e. The van der Waals surface area contributed by atoms with Crippen molar-refractivity contribution >= 4 is 21.7 Å². The number of halogens is 2. The highest BCUT2D eigenvalue weighted by Crippen LogP contribution is 2.21. The average Bonchev–Trinajstić information content (AvgIpc) is 3.01. The van der Waals surface area contributed by atoms with Gasteiger partial charge in [-0.2, -0.15) is 0 Å².